The summed E-state index contributed by atoms with van der Waals surface area (Å²) in [5.74, 6) is -0.0411. The van der Waals surface area contributed by atoms with Crippen LogP contribution in [0.2, 0.25) is 0 Å². The van der Waals surface area contributed by atoms with Gasteiger partial charge in [0.2, 0.25) is 0 Å². The summed E-state index contributed by atoms with van der Waals surface area (Å²) in [6.07, 6.45) is 0. The molecular weight excluding hydrogens is 304 g/mol. The van der Waals surface area contributed by atoms with Gasteiger partial charge in [-0.3, -0.25) is 0 Å². The number of hydrogen-bond acceptors (Lipinski definition) is 4. The molecule has 0 aliphatic heterocycles. The third-order valence-electron chi connectivity index (χ3n) is 3.14. The van der Waals surface area contributed by atoms with Crippen molar-refractivity contribution in [1.29, 1.82) is 0 Å². The first-order chi connectivity index (χ1) is 11.4. The van der Waals surface area contributed by atoms with Crippen LogP contribution in [0.5, 0.6) is 11.5 Å². The van der Waals surface area contributed by atoms with Gasteiger partial charge >= 0.3 is 11.9 Å². The van der Waals surface area contributed by atoms with Crippen molar-refractivity contribution in [3.8, 4) is 22.6 Å². The van der Waals surface area contributed by atoms with Crippen LogP contribution in [0.25, 0.3) is 11.1 Å². The van der Waals surface area contributed by atoms with Gasteiger partial charge in [0.15, 0.2) is 0 Å². The molecule has 0 saturated heterocycles. The minimum atomic E-state index is -0.464. The number of benzene rings is 2. The van der Waals surface area contributed by atoms with E-state index in [1.165, 1.54) is 0 Å². The quantitative estimate of drug-likeness (QED) is 0.467. The van der Waals surface area contributed by atoms with Gasteiger partial charge in [0.1, 0.15) is 11.5 Å². The summed E-state index contributed by atoms with van der Waals surface area (Å²) >= 11 is 0. The summed E-state index contributed by atoms with van der Waals surface area (Å²) in [4.78, 5) is 23.1. The SMILES string of the molecule is C=C(C)C(=O)Oc1ccc(-c2cccc(OC(=O)C(=C)C)c2)cc1. The van der Waals surface area contributed by atoms with E-state index in [1.807, 2.05) is 18.2 Å². The molecule has 0 aromatic heterocycles. The van der Waals surface area contributed by atoms with Gasteiger partial charge in [-0.15, -0.1) is 0 Å². The van der Waals surface area contributed by atoms with E-state index in [0.29, 0.717) is 22.6 Å². The maximum absolute atomic E-state index is 11.6. The largest absolute Gasteiger partial charge is 0.423 e. The lowest BCUT2D eigenvalue weighted by atomic mass is 10.1. The van der Waals surface area contributed by atoms with Crippen LogP contribution in [0.1, 0.15) is 13.8 Å². The topological polar surface area (TPSA) is 52.6 Å². The fourth-order valence-electron chi connectivity index (χ4n) is 1.84. The maximum Gasteiger partial charge on any atom is 0.338 e. The fraction of sp³-hybridized carbons (Fsp3) is 0.100. The third kappa shape index (κ3) is 4.43. The highest BCUT2D eigenvalue weighted by Gasteiger charge is 2.08. The van der Waals surface area contributed by atoms with Crippen molar-refractivity contribution in [2.24, 2.45) is 0 Å². The van der Waals surface area contributed by atoms with Crippen molar-refractivity contribution in [1.82, 2.24) is 0 Å². The highest BCUT2D eigenvalue weighted by Crippen LogP contribution is 2.26. The monoisotopic (exact) mass is 322 g/mol. The lowest BCUT2D eigenvalue weighted by Crippen LogP contribution is -2.08. The summed E-state index contributed by atoms with van der Waals surface area (Å²) < 4.78 is 10.4. The van der Waals surface area contributed by atoms with E-state index >= 15 is 0 Å². The minimum Gasteiger partial charge on any atom is -0.423 e. The van der Waals surface area contributed by atoms with Crippen LogP contribution in [0.3, 0.4) is 0 Å². The lowest BCUT2D eigenvalue weighted by molar-refractivity contribution is -0.130. The highest BCUT2D eigenvalue weighted by atomic mass is 16.5. The zero-order chi connectivity index (χ0) is 17.7. The standard InChI is InChI=1S/C20H18O4/c1-13(2)19(21)23-17-10-8-15(9-11-17)16-6-5-7-18(12-16)24-20(22)14(3)4/h5-12H,1,3H2,2,4H3. The lowest BCUT2D eigenvalue weighted by Gasteiger charge is -2.08. The molecule has 0 aliphatic carbocycles. The molecule has 2 rings (SSSR count). The zero-order valence-corrected chi connectivity index (χ0v) is 13.7. The molecule has 0 fully saturated rings. The molecule has 0 saturated carbocycles. The smallest absolute Gasteiger partial charge is 0.338 e. The van der Waals surface area contributed by atoms with Crippen molar-refractivity contribution >= 4 is 11.9 Å². The van der Waals surface area contributed by atoms with Crippen LogP contribution in [0.4, 0.5) is 0 Å². The Balaban J connectivity index is 2.17. The molecule has 2 aromatic rings. The molecule has 0 heterocycles. The molecule has 0 spiro atoms. The minimum absolute atomic E-state index is 0.337. The number of rotatable bonds is 5. The molecule has 4 nitrogen and oxygen atoms in total. The van der Waals surface area contributed by atoms with E-state index in [-0.39, 0.29) is 0 Å². The predicted octanol–water partition coefficient (Wildman–Crippen LogP) is 4.32. The second-order valence-electron chi connectivity index (χ2n) is 5.39. The Kier molecular flexibility index (Phi) is 5.32. The van der Waals surface area contributed by atoms with Crippen LogP contribution in [-0.2, 0) is 9.59 Å². The molecule has 24 heavy (non-hydrogen) atoms. The number of carbonyl (C=O) groups is 2. The average Bonchev–Trinajstić information content (AvgIpc) is 2.55. The highest BCUT2D eigenvalue weighted by molar-refractivity contribution is 5.89. The van der Waals surface area contributed by atoms with Crippen molar-refractivity contribution < 1.29 is 19.1 Å². The Morgan fingerprint density at radius 1 is 0.750 bits per heavy atom. The normalized spacial score (nSPS) is 9.92. The first kappa shape index (κ1) is 17.2. The summed E-state index contributed by atoms with van der Waals surface area (Å²) in [6.45, 7) is 10.3. The second-order valence-corrected chi connectivity index (χ2v) is 5.39. The Labute approximate surface area is 141 Å². The number of carbonyl (C=O) groups excluding carboxylic acids is 2. The zero-order valence-electron chi connectivity index (χ0n) is 13.7. The summed E-state index contributed by atoms with van der Waals surface area (Å²) in [5, 5.41) is 0. The van der Waals surface area contributed by atoms with Crippen molar-refractivity contribution in [3.63, 3.8) is 0 Å². The molecule has 4 heteroatoms. The second kappa shape index (κ2) is 7.42. The van der Waals surface area contributed by atoms with Gasteiger partial charge in [-0.2, -0.15) is 0 Å². The molecule has 0 radical (unpaired) electrons. The van der Waals surface area contributed by atoms with E-state index in [4.69, 9.17) is 9.47 Å². The van der Waals surface area contributed by atoms with Crippen LogP contribution < -0.4 is 9.47 Å². The van der Waals surface area contributed by atoms with Gasteiger partial charge in [0, 0.05) is 11.1 Å². The first-order valence-corrected chi connectivity index (χ1v) is 7.32. The number of hydrogen-bond donors (Lipinski definition) is 0. The van der Waals surface area contributed by atoms with Gasteiger partial charge in [0.05, 0.1) is 0 Å². The Bertz CT molecular complexity index is 801. The fourth-order valence-corrected chi connectivity index (χ4v) is 1.84. The van der Waals surface area contributed by atoms with Gasteiger partial charge in [0.25, 0.3) is 0 Å². The Hall–Kier alpha value is -3.14. The first-order valence-electron chi connectivity index (χ1n) is 7.32. The molecular formula is C20H18O4. The summed E-state index contributed by atoms with van der Waals surface area (Å²) in [6, 6.07) is 14.2. The van der Waals surface area contributed by atoms with E-state index in [1.54, 1.807) is 44.2 Å². The Morgan fingerprint density at radius 3 is 1.83 bits per heavy atom. The van der Waals surface area contributed by atoms with Gasteiger partial charge in [-0.05, 0) is 49.2 Å². The summed E-state index contributed by atoms with van der Waals surface area (Å²) in [7, 11) is 0. The van der Waals surface area contributed by atoms with Crippen LogP contribution in [-0.4, -0.2) is 11.9 Å². The Morgan fingerprint density at radius 2 is 1.29 bits per heavy atom. The van der Waals surface area contributed by atoms with E-state index in [2.05, 4.69) is 13.2 Å². The molecule has 122 valence electrons. The molecule has 0 atom stereocenters. The molecule has 0 amide bonds. The van der Waals surface area contributed by atoms with E-state index in [0.717, 1.165) is 11.1 Å². The molecule has 0 N–H and O–H groups in total. The van der Waals surface area contributed by atoms with Crippen LogP contribution in [0.15, 0.2) is 72.8 Å². The van der Waals surface area contributed by atoms with Gasteiger partial charge in [-0.1, -0.05) is 37.4 Å². The van der Waals surface area contributed by atoms with Crippen molar-refractivity contribution in [3.05, 3.63) is 72.8 Å². The maximum atomic E-state index is 11.6. The van der Waals surface area contributed by atoms with Crippen molar-refractivity contribution in [2.75, 3.05) is 0 Å². The van der Waals surface area contributed by atoms with Crippen LogP contribution >= 0.6 is 0 Å². The van der Waals surface area contributed by atoms with Crippen molar-refractivity contribution in [2.45, 2.75) is 13.8 Å². The number of ether oxygens (including phenoxy) is 2. The van der Waals surface area contributed by atoms with E-state index in [9.17, 15) is 9.59 Å². The van der Waals surface area contributed by atoms with Gasteiger partial charge < -0.3 is 9.47 Å². The molecule has 0 bridgehead atoms. The predicted molar refractivity (Wildman–Crippen MR) is 92.8 cm³/mol. The van der Waals surface area contributed by atoms with E-state index < -0.39 is 11.9 Å². The molecule has 2 aromatic carbocycles. The number of esters is 2. The molecule has 0 unspecified atom stereocenters. The summed E-state index contributed by atoms with van der Waals surface area (Å²) in [5.41, 5.74) is 2.45. The average molecular weight is 322 g/mol. The molecule has 0 aliphatic rings. The van der Waals surface area contributed by atoms with Crippen LogP contribution in [0, 0.1) is 0 Å². The van der Waals surface area contributed by atoms with Gasteiger partial charge in [-0.25, -0.2) is 9.59 Å². The third-order valence-corrected chi connectivity index (χ3v) is 3.14.